The Hall–Kier alpha value is -2.21. The predicted octanol–water partition coefficient (Wildman–Crippen LogP) is 2.76. The molecule has 1 aromatic carbocycles. The highest BCUT2D eigenvalue weighted by molar-refractivity contribution is 6.05. The van der Waals surface area contributed by atoms with Crippen molar-refractivity contribution in [3.8, 4) is 0 Å². The standard InChI is InChI=1S/C16H16FN3O2/c1-16(2)6-10(7-22-16)20-8-18-14-13(15(20)21)11-4-3-9(17)5-12(11)19-14/h3-5,8,10,19H,6-7H2,1-2H3. The first-order valence-corrected chi connectivity index (χ1v) is 7.27. The lowest BCUT2D eigenvalue weighted by molar-refractivity contribution is 0.0351. The molecule has 2 aromatic heterocycles. The number of nitrogens with zero attached hydrogens (tertiary/aromatic N) is 2. The first-order valence-electron chi connectivity index (χ1n) is 7.27. The largest absolute Gasteiger partial charge is 0.373 e. The van der Waals surface area contributed by atoms with E-state index in [-0.39, 0.29) is 23.0 Å². The van der Waals surface area contributed by atoms with Gasteiger partial charge in [-0.3, -0.25) is 9.36 Å². The van der Waals surface area contributed by atoms with Gasteiger partial charge in [-0.1, -0.05) is 0 Å². The van der Waals surface area contributed by atoms with Crippen molar-refractivity contribution < 1.29 is 9.13 Å². The molecule has 5 nitrogen and oxygen atoms in total. The maximum atomic E-state index is 13.3. The Balaban J connectivity index is 1.94. The van der Waals surface area contributed by atoms with Gasteiger partial charge in [0.1, 0.15) is 17.8 Å². The van der Waals surface area contributed by atoms with Crippen LogP contribution in [0.15, 0.2) is 29.3 Å². The van der Waals surface area contributed by atoms with Crippen molar-refractivity contribution in [2.24, 2.45) is 0 Å². The minimum atomic E-state index is -0.342. The number of aromatic amines is 1. The molecule has 3 aromatic rings. The predicted molar refractivity (Wildman–Crippen MR) is 81.5 cm³/mol. The Bertz CT molecular complexity index is 942. The zero-order chi connectivity index (χ0) is 15.5. The van der Waals surface area contributed by atoms with E-state index in [2.05, 4.69) is 9.97 Å². The molecule has 1 atom stereocenters. The van der Waals surface area contributed by atoms with Crippen LogP contribution in [0.3, 0.4) is 0 Å². The van der Waals surface area contributed by atoms with Crippen molar-refractivity contribution in [1.82, 2.24) is 14.5 Å². The van der Waals surface area contributed by atoms with Crippen LogP contribution in [0.4, 0.5) is 4.39 Å². The third-order valence-corrected chi connectivity index (χ3v) is 4.29. The number of hydrogen-bond acceptors (Lipinski definition) is 3. The Morgan fingerprint density at radius 2 is 2.27 bits per heavy atom. The molecule has 0 bridgehead atoms. The third kappa shape index (κ3) is 1.94. The lowest BCUT2D eigenvalue weighted by Crippen LogP contribution is -2.26. The number of hydrogen-bond donors (Lipinski definition) is 1. The van der Waals surface area contributed by atoms with E-state index in [0.29, 0.717) is 28.5 Å². The molecule has 0 amide bonds. The van der Waals surface area contributed by atoms with E-state index >= 15 is 0 Å². The van der Waals surface area contributed by atoms with Crippen LogP contribution in [-0.2, 0) is 4.74 Å². The van der Waals surface area contributed by atoms with Gasteiger partial charge in [-0.2, -0.15) is 0 Å². The molecule has 0 radical (unpaired) electrons. The lowest BCUT2D eigenvalue weighted by atomic mass is 10.0. The van der Waals surface area contributed by atoms with E-state index < -0.39 is 0 Å². The van der Waals surface area contributed by atoms with E-state index in [1.54, 1.807) is 17.0 Å². The number of fused-ring (bicyclic) bond motifs is 3. The van der Waals surface area contributed by atoms with Crippen molar-refractivity contribution in [2.45, 2.75) is 31.9 Å². The van der Waals surface area contributed by atoms with Crippen LogP contribution in [0.1, 0.15) is 26.3 Å². The minimum absolute atomic E-state index is 0.0233. The zero-order valence-corrected chi connectivity index (χ0v) is 12.4. The van der Waals surface area contributed by atoms with Gasteiger partial charge in [-0.05, 0) is 38.5 Å². The molecule has 1 aliphatic rings. The van der Waals surface area contributed by atoms with Gasteiger partial charge in [0, 0.05) is 5.39 Å². The molecule has 1 saturated heterocycles. The Morgan fingerprint density at radius 3 is 3.00 bits per heavy atom. The highest BCUT2D eigenvalue weighted by Crippen LogP contribution is 2.32. The van der Waals surface area contributed by atoms with Crippen LogP contribution in [0.2, 0.25) is 0 Å². The van der Waals surface area contributed by atoms with Crippen molar-refractivity contribution >= 4 is 21.9 Å². The fourth-order valence-corrected chi connectivity index (χ4v) is 3.22. The van der Waals surface area contributed by atoms with E-state index in [1.165, 1.54) is 12.1 Å². The molecule has 3 heterocycles. The summed E-state index contributed by atoms with van der Waals surface area (Å²) in [6, 6.07) is 4.33. The Kier molecular flexibility index (Phi) is 2.69. The fourth-order valence-electron chi connectivity index (χ4n) is 3.22. The highest BCUT2D eigenvalue weighted by atomic mass is 19.1. The molecule has 0 saturated carbocycles. The monoisotopic (exact) mass is 301 g/mol. The van der Waals surface area contributed by atoms with Crippen LogP contribution in [0.25, 0.3) is 21.9 Å². The van der Waals surface area contributed by atoms with Gasteiger partial charge in [-0.25, -0.2) is 9.37 Å². The maximum absolute atomic E-state index is 13.3. The molecule has 1 aliphatic heterocycles. The molecule has 114 valence electrons. The molecule has 22 heavy (non-hydrogen) atoms. The quantitative estimate of drug-likeness (QED) is 0.752. The van der Waals surface area contributed by atoms with Gasteiger partial charge in [-0.15, -0.1) is 0 Å². The van der Waals surface area contributed by atoms with Crippen LogP contribution in [0.5, 0.6) is 0 Å². The number of H-pyrrole nitrogens is 1. The van der Waals surface area contributed by atoms with Crippen molar-refractivity contribution in [1.29, 1.82) is 0 Å². The number of halogens is 1. The van der Waals surface area contributed by atoms with Crippen LogP contribution in [0, 0.1) is 5.82 Å². The molecule has 1 unspecified atom stereocenters. The van der Waals surface area contributed by atoms with E-state index in [9.17, 15) is 9.18 Å². The molecular formula is C16H16FN3O2. The summed E-state index contributed by atoms with van der Waals surface area (Å²) in [5, 5.41) is 1.20. The summed E-state index contributed by atoms with van der Waals surface area (Å²) in [6.07, 6.45) is 2.31. The lowest BCUT2D eigenvalue weighted by Gasteiger charge is -2.16. The summed E-state index contributed by atoms with van der Waals surface area (Å²) in [5.41, 5.74) is 0.720. The number of nitrogens with one attached hydrogen (secondary N) is 1. The molecule has 1 N–H and O–H groups in total. The van der Waals surface area contributed by atoms with Gasteiger partial charge in [0.25, 0.3) is 5.56 Å². The molecule has 0 aliphatic carbocycles. The summed E-state index contributed by atoms with van der Waals surface area (Å²) in [5.74, 6) is -0.342. The number of aromatic nitrogens is 3. The summed E-state index contributed by atoms with van der Waals surface area (Å²) >= 11 is 0. The zero-order valence-electron chi connectivity index (χ0n) is 12.4. The van der Waals surface area contributed by atoms with Crippen molar-refractivity contribution in [3.63, 3.8) is 0 Å². The van der Waals surface area contributed by atoms with Crippen molar-refractivity contribution in [2.75, 3.05) is 6.61 Å². The van der Waals surface area contributed by atoms with Gasteiger partial charge in [0.2, 0.25) is 0 Å². The van der Waals surface area contributed by atoms with Gasteiger partial charge in [0.15, 0.2) is 0 Å². The summed E-state index contributed by atoms with van der Waals surface area (Å²) in [4.78, 5) is 20.2. The van der Waals surface area contributed by atoms with E-state index in [4.69, 9.17) is 4.74 Å². The highest BCUT2D eigenvalue weighted by Gasteiger charge is 2.33. The number of benzene rings is 1. The minimum Gasteiger partial charge on any atom is -0.373 e. The molecule has 4 rings (SSSR count). The third-order valence-electron chi connectivity index (χ3n) is 4.29. The number of ether oxygens (including phenoxy) is 1. The van der Waals surface area contributed by atoms with Gasteiger partial charge >= 0.3 is 0 Å². The topological polar surface area (TPSA) is 59.9 Å². The second-order valence-corrected chi connectivity index (χ2v) is 6.42. The van der Waals surface area contributed by atoms with Crippen LogP contribution < -0.4 is 5.56 Å². The summed E-state index contributed by atoms with van der Waals surface area (Å²) < 4.78 is 20.7. The average Bonchev–Trinajstić information content (AvgIpc) is 2.99. The normalized spacial score (nSPS) is 21.0. The van der Waals surface area contributed by atoms with E-state index in [1.807, 2.05) is 13.8 Å². The molecule has 1 fully saturated rings. The molecule has 0 spiro atoms. The van der Waals surface area contributed by atoms with Crippen molar-refractivity contribution in [3.05, 3.63) is 40.7 Å². The van der Waals surface area contributed by atoms with Crippen LogP contribution >= 0.6 is 0 Å². The summed E-state index contributed by atoms with van der Waals surface area (Å²) in [6.45, 7) is 4.52. The Morgan fingerprint density at radius 1 is 1.45 bits per heavy atom. The summed E-state index contributed by atoms with van der Waals surface area (Å²) in [7, 11) is 0. The first-order chi connectivity index (χ1) is 10.4. The number of rotatable bonds is 1. The van der Waals surface area contributed by atoms with Crippen LogP contribution in [-0.4, -0.2) is 26.7 Å². The maximum Gasteiger partial charge on any atom is 0.263 e. The van der Waals surface area contributed by atoms with Gasteiger partial charge < -0.3 is 9.72 Å². The second kappa shape index (κ2) is 4.39. The molecule has 6 heteroatoms. The molecular weight excluding hydrogens is 285 g/mol. The first kappa shape index (κ1) is 13.5. The average molecular weight is 301 g/mol. The van der Waals surface area contributed by atoms with E-state index in [0.717, 1.165) is 6.42 Å². The fraction of sp³-hybridized carbons (Fsp3) is 0.375. The smallest absolute Gasteiger partial charge is 0.263 e. The second-order valence-electron chi connectivity index (χ2n) is 6.42. The SMILES string of the molecule is CC1(C)CC(n2cnc3[nH]c4cc(F)ccc4c3c2=O)CO1. The Labute approximate surface area is 125 Å². The van der Waals surface area contributed by atoms with Gasteiger partial charge in [0.05, 0.1) is 29.2 Å².